The van der Waals surface area contributed by atoms with E-state index in [1.54, 1.807) is 17.1 Å². The van der Waals surface area contributed by atoms with Crippen LogP contribution in [-0.2, 0) is 11.8 Å². The zero-order chi connectivity index (χ0) is 11.5. The highest BCUT2D eigenvalue weighted by atomic mass is 16.5. The Kier molecular flexibility index (Phi) is 3.39. The van der Waals surface area contributed by atoms with Gasteiger partial charge in [-0.25, -0.2) is 0 Å². The summed E-state index contributed by atoms with van der Waals surface area (Å²) in [5.74, 6) is 0.706. The zero-order valence-corrected chi connectivity index (χ0v) is 9.85. The van der Waals surface area contributed by atoms with Crippen LogP contribution < -0.4 is 0 Å². The second kappa shape index (κ2) is 4.78. The second-order valence-electron chi connectivity index (χ2n) is 4.44. The lowest BCUT2D eigenvalue weighted by Gasteiger charge is -2.34. The fourth-order valence-electron chi connectivity index (χ4n) is 2.16. The minimum Gasteiger partial charge on any atom is -0.378 e. The van der Waals surface area contributed by atoms with Gasteiger partial charge in [0.15, 0.2) is 5.78 Å². The van der Waals surface area contributed by atoms with Crippen molar-refractivity contribution in [1.29, 1.82) is 0 Å². The smallest absolute Gasteiger partial charge is 0.166 e. The molecule has 0 saturated heterocycles. The Balaban J connectivity index is 1.77. The summed E-state index contributed by atoms with van der Waals surface area (Å²) >= 11 is 0. The molecule has 0 atom stereocenters. The molecule has 0 bridgehead atoms. The van der Waals surface area contributed by atoms with E-state index in [9.17, 15) is 4.79 Å². The molecule has 0 aromatic carbocycles. The monoisotopic (exact) mass is 222 g/mol. The van der Waals surface area contributed by atoms with Crippen molar-refractivity contribution < 1.29 is 9.53 Å². The Morgan fingerprint density at radius 3 is 2.94 bits per heavy atom. The molecule has 0 radical (unpaired) electrons. The van der Waals surface area contributed by atoms with Crippen molar-refractivity contribution in [2.75, 3.05) is 6.61 Å². The largest absolute Gasteiger partial charge is 0.378 e. The van der Waals surface area contributed by atoms with E-state index in [0.717, 1.165) is 25.0 Å². The maximum absolute atomic E-state index is 11.8. The van der Waals surface area contributed by atoms with Crippen LogP contribution in [0.4, 0.5) is 0 Å². The molecule has 1 fully saturated rings. The third kappa shape index (κ3) is 2.50. The maximum Gasteiger partial charge on any atom is 0.166 e. The van der Waals surface area contributed by atoms with Crippen LogP contribution in [0.2, 0.25) is 0 Å². The number of aryl methyl sites for hydroxylation is 1. The van der Waals surface area contributed by atoms with Gasteiger partial charge in [0.05, 0.1) is 17.9 Å². The fraction of sp³-hybridized carbons (Fsp3) is 0.667. The summed E-state index contributed by atoms with van der Waals surface area (Å²) in [6, 6.07) is 0. The van der Waals surface area contributed by atoms with Gasteiger partial charge < -0.3 is 4.74 Å². The van der Waals surface area contributed by atoms with E-state index in [1.165, 1.54) is 0 Å². The van der Waals surface area contributed by atoms with E-state index >= 15 is 0 Å². The first-order chi connectivity index (χ1) is 7.69. The van der Waals surface area contributed by atoms with Gasteiger partial charge in [-0.2, -0.15) is 5.10 Å². The van der Waals surface area contributed by atoms with Crippen LogP contribution in [-0.4, -0.2) is 28.3 Å². The number of rotatable bonds is 5. The molecule has 1 aromatic rings. The first-order valence-corrected chi connectivity index (χ1v) is 5.82. The van der Waals surface area contributed by atoms with Crippen LogP contribution in [0.25, 0.3) is 0 Å². The lowest BCUT2D eigenvalue weighted by Crippen LogP contribution is -2.32. The average Bonchev–Trinajstić information content (AvgIpc) is 2.61. The van der Waals surface area contributed by atoms with E-state index in [0.29, 0.717) is 18.4 Å². The summed E-state index contributed by atoms with van der Waals surface area (Å²) in [5.41, 5.74) is 0.724. The molecule has 0 N–H and O–H groups in total. The van der Waals surface area contributed by atoms with Gasteiger partial charge in [0.25, 0.3) is 0 Å². The summed E-state index contributed by atoms with van der Waals surface area (Å²) in [5, 5.41) is 4.00. The first-order valence-electron chi connectivity index (χ1n) is 5.82. The number of nitrogens with zero attached hydrogens (tertiary/aromatic N) is 2. The molecule has 0 unspecified atom stereocenters. The second-order valence-corrected chi connectivity index (χ2v) is 4.44. The van der Waals surface area contributed by atoms with Crippen molar-refractivity contribution >= 4 is 5.78 Å². The molecule has 4 heteroatoms. The van der Waals surface area contributed by atoms with Crippen LogP contribution in [0.5, 0.6) is 0 Å². The number of Topliss-reactive ketones (excluding diaryl/α,β-unsaturated/α-hetero) is 1. The number of ketones is 1. The summed E-state index contributed by atoms with van der Waals surface area (Å²) in [7, 11) is 1.82. The van der Waals surface area contributed by atoms with E-state index in [-0.39, 0.29) is 5.78 Å². The molecule has 1 aliphatic carbocycles. The molecule has 0 amide bonds. The summed E-state index contributed by atoms with van der Waals surface area (Å²) in [6.45, 7) is 2.78. The molecular formula is C12H18N2O2. The predicted molar refractivity (Wildman–Crippen MR) is 60.3 cm³/mol. The van der Waals surface area contributed by atoms with Crippen LogP contribution in [0.15, 0.2) is 12.4 Å². The Hall–Kier alpha value is -1.16. The van der Waals surface area contributed by atoms with Crippen LogP contribution >= 0.6 is 0 Å². The summed E-state index contributed by atoms with van der Waals surface area (Å²) in [4.78, 5) is 11.8. The third-order valence-corrected chi connectivity index (χ3v) is 3.10. The molecule has 1 saturated carbocycles. The molecule has 1 aliphatic rings. The Morgan fingerprint density at radius 1 is 1.62 bits per heavy atom. The van der Waals surface area contributed by atoms with Gasteiger partial charge in [-0.15, -0.1) is 0 Å². The van der Waals surface area contributed by atoms with Crippen LogP contribution in [0, 0.1) is 5.92 Å². The average molecular weight is 222 g/mol. The van der Waals surface area contributed by atoms with Crippen molar-refractivity contribution in [3.05, 3.63) is 18.0 Å². The zero-order valence-electron chi connectivity index (χ0n) is 9.85. The Bertz CT molecular complexity index is 367. The molecule has 88 valence electrons. The van der Waals surface area contributed by atoms with Crippen molar-refractivity contribution in [2.45, 2.75) is 32.3 Å². The van der Waals surface area contributed by atoms with Gasteiger partial charge in [-0.1, -0.05) is 0 Å². The van der Waals surface area contributed by atoms with E-state index < -0.39 is 0 Å². The first kappa shape index (κ1) is 11.3. The minimum atomic E-state index is 0.202. The number of ether oxygens (including phenoxy) is 1. The van der Waals surface area contributed by atoms with Gasteiger partial charge in [0, 0.05) is 26.3 Å². The van der Waals surface area contributed by atoms with Crippen molar-refractivity contribution in [2.24, 2.45) is 13.0 Å². The highest BCUT2D eigenvalue weighted by molar-refractivity contribution is 5.95. The fourth-order valence-corrected chi connectivity index (χ4v) is 2.16. The summed E-state index contributed by atoms with van der Waals surface area (Å²) < 4.78 is 7.14. The lowest BCUT2D eigenvalue weighted by molar-refractivity contribution is -0.0246. The number of hydrogen-bond donors (Lipinski definition) is 0. The number of carbonyl (C=O) groups is 1. The van der Waals surface area contributed by atoms with Crippen LogP contribution in [0.3, 0.4) is 0 Å². The van der Waals surface area contributed by atoms with Gasteiger partial charge in [-0.05, 0) is 25.7 Å². The topological polar surface area (TPSA) is 44.1 Å². The third-order valence-electron chi connectivity index (χ3n) is 3.10. The maximum atomic E-state index is 11.8. The highest BCUT2D eigenvalue weighted by Crippen LogP contribution is 2.33. The van der Waals surface area contributed by atoms with E-state index in [2.05, 4.69) is 5.10 Å². The molecular weight excluding hydrogens is 204 g/mol. The predicted octanol–water partition coefficient (Wildman–Crippen LogP) is 1.81. The number of carbonyl (C=O) groups excluding carboxylic acids is 1. The van der Waals surface area contributed by atoms with Gasteiger partial charge >= 0.3 is 0 Å². The van der Waals surface area contributed by atoms with Gasteiger partial charge in [0.2, 0.25) is 0 Å². The molecule has 4 nitrogen and oxygen atoms in total. The SMILES string of the molecule is CCOC1CC(CC(=O)c2cnn(C)c2)C1. The Labute approximate surface area is 95.6 Å². The molecule has 16 heavy (non-hydrogen) atoms. The minimum absolute atomic E-state index is 0.202. The summed E-state index contributed by atoms with van der Waals surface area (Å²) in [6.07, 6.45) is 6.49. The van der Waals surface area contributed by atoms with Crippen molar-refractivity contribution in [1.82, 2.24) is 9.78 Å². The quantitative estimate of drug-likeness (QED) is 0.714. The molecule has 0 aliphatic heterocycles. The number of aromatic nitrogens is 2. The van der Waals surface area contributed by atoms with Crippen molar-refractivity contribution in [3.8, 4) is 0 Å². The van der Waals surface area contributed by atoms with Crippen molar-refractivity contribution in [3.63, 3.8) is 0 Å². The highest BCUT2D eigenvalue weighted by Gasteiger charge is 2.31. The molecule has 0 spiro atoms. The van der Waals surface area contributed by atoms with Crippen LogP contribution in [0.1, 0.15) is 36.5 Å². The normalized spacial score (nSPS) is 24.1. The van der Waals surface area contributed by atoms with Gasteiger partial charge in [-0.3, -0.25) is 9.48 Å². The molecule has 1 aromatic heterocycles. The van der Waals surface area contributed by atoms with E-state index in [4.69, 9.17) is 4.74 Å². The molecule has 2 rings (SSSR count). The Morgan fingerprint density at radius 2 is 2.38 bits per heavy atom. The standard InChI is InChI=1S/C12H18N2O2/c1-3-16-11-4-9(5-11)6-12(15)10-7-13-14(2)8-10/h7-9,11H,3-6H2,1-2H3. The number of hydrogen-bond acceptors (Lipinski definition) is 3. The lowest BCUT2D eigenvalue weighted by atomic mass is 9.78. The molecule has 1 heterocycles. The van der Waals surface area contributed by atoms with Gasteiger partial charge in [0.1, 0.15) is 0 Å². The van der Waals surface area contributed by atoms with E-state index in [1.807, 2.05) is 14.0 Å².